The normalized spacial score (nSPS) is 22.2. The van der Waals surface area contributed by atoms with Gasteiger partial charge >= 0.3 is 0 Å². The molecule has 1 aromatic heterocycles. The lowest BCUT2D eigenvalue weighted by molar-refractivity contribution is 0.203. The van der Waals surface area contributed by atoms with Gasteiger partial charge in [-0.1, -0.05) is 18.5 Å². The third-order valence-corrected chi connectivity index (χ3v) is 4.75. The fraction of sp³-hybridized carbons (Fsp3) is 0.692. The van der Waals surface area contributed by atoms with Crippen LogP contribution < -0.4 is 5.32 Å². The monoisotopic (exact) mass is 272 g/mol. The van der Waals surface area contributed by atoms with Crippen molar-refractivity contribution in [3.8, 4) is 0 Å². The van der Waals surface area contributed by atoms with Crippen LogP contribution >= 0.6 is 22.9 Å². The lowest BCUT2D eigenvalue weighted by atomic mass is 10.1. The molecule has 1 aromatic rings. The van der Waals surface area contributed by atoms with E-state index in [-0.39, 0.29) is 0 Å². The Morgan fingerprint density at radius 2 is 2.47 bits per heavy atom. The van der Waals surface area contributed by atoms with Gasteiger partial charge in [0, 0.05) is 18.6 Å². The standard InChI is InChI=1S/C13H21ClN2S/c1-3-16(8-12-5-4-6-15-12)10(2)11-7-13(14)17-9-11/h7,9-10,12,15H,3-6,8H2,1-2H3. The van der Waals surface area contributed by atoms with E-state index in [1.54, 1.807) is 11.3 Å². The maximum absolute atomic E-state index is 6.01. The average Bonchev–Trinajstić information content (AvgIpc) is 2.96. The molecule has 1 fully saturated rings. The lowest BCUT2D eigenvalue weighted by Crippen LogP contribution is -2.38. The maximum Gasteiger partial charge on any atom is 0.0931 e. The molecule has 96 valence electrons. The van der Waals surface area contributed by atoms with Gasteiger partial charge in [-0.3, -0.25) is 4.90 Å². The quantitative estimate of drug-likeness (QED) is 0.882. The summed E-state index contributed by atoms with van der Waals surface area (Å²) in [4.78, 5) is 2.53. The highest BCUT2D eigenvalue weighted by Crippen LogP contribution is 2.28. The minimum absolute atomic E-state index is 0.464. The molecule has 0 aliphatic carbocycles. The van der Waals surface area contributed by atoms with E-state index in [1.165, 1.54) is 24.9 Å². The summed E-state index contributed by atoms with van der Waals surface area (Å²) in [5, 5.41) is 5.75. The molecule has 0 radical (unpaired) electrons. The summed E-state index contributed by atoms with van der Waals surface area (Å²) in [6.45, 7) is 7.93. The second-order valence-electron chi connectivity index (χ2n) is 4.74. The average molecular weight is 273 g/mol. The Morgan fingerprint density at radius 3 is 3.00 bits per heavy atom. The summed E-state index contributed by atoms with van der Waals surface area (Å²) in [6, 6.07) is 3.24. The number of rotatable bonds is 5. The molecule has 1 aliphatic heterocycles. The summed E-state index contributed by atoms with van der Waals surface area (Å²) < 4.78 is 0.891. The van der Waals surface area contributed by atoms with E-state index in [0.29, 0.717) is 12.1 Å². The Kier molecular flexibility index (Phi) is 4.86. The molecular formula is C13H21ClN2S. The van der Waals surface area contributed by atoms with Crippen molar-refractivity contribution in [2.45, 2.75) is 38.8 Å². The van der Waals surface area contributed by atoms with Gasteiger partial charge < -0.3 is 5.32 Å². The highest BCUT2D eigenvalue weighted by molar-refractivity contribution is 7.14. The second kappa shape index (κ2) is 6.19. The Balaban J connectivity index is 1.96. The Morgan fingerprint density at radius 1 is 1.65 bits per heavy atom. The summed E-state index contributed by atoms with van der Waals surface area (Å²) in [7, 11) is 0. The van der Waals surface area contributed by atoms with Crippen LogP contribution in [0.2, 0.25) is 4.34 Å². The van der Waals surface area contributed by atoms with Gasteiger partial charge in [-0.15, -0.1) is 11.3 Å². The number of thiophene rings is 1. The van der Waals surface area contributed by atoms with Crippen molar-refractivity contribution in [3.63, 3.8) is 0 Å². The number of hydrogen-bond donors (Lipinski definition) is 1. The van der Waals surface area contributed by atoms with Crippen molar-refractivity contribution in [1.29, 1.82) is 0 Å². The van der Waals surface area contributed by atoms with Crippen molar-refractivity contribution in [3.05, 3.63) is 21.3 Å². The molecule has 2 atom stereocenters. The molecule has 0 bridgehead atoms. The van der Waals surface area contributed by atoms with Crippen LogP contribution in [0.3, 0.4) is 0 Å². The number of nitrogens with one attached hydrogen (secondary N) is 1. The highest BCUT2D eigenvalue weighted by atomic mass is 35.5. The molecule has 2 unspecified atom stereocenters. The van der Waals surface area contributed by atoms with Crippen LogP contribution in [0, 0.1) is 0 Å². The van der Waals surface area contributed by atoms with Crippen LogP contribution in [0.15, 0.2) is 11.4 Å². The first-order valence-corrected chi connectivity index (χ1v) is 7.67. The Labute approximate surface area is 113 Å². The topological polar surface area (TPSA) is 15.3 Å². The molecular weight excluding hydrogens is 252 g/mol. The Hall–Kier alpha value is -0.0900. The first kappa shape index (κ1) is 13.3. The fourth-order valence-corrected chi connectivity index (χ4v) is 3.49. The molecule has 0 aromatic carbocycles. The molecule has 1 aliphatic rings. The van der Waals surface area contributed by atoms with E-state index in [0.717, 1.165) is 17.4 Å². The first-order valence-electron chi connectivity index (χ1n) is 6.42. The van der Waals surface area contributed by atoms with Crippen molar-refractivity contribution in [2.75, 3.05) is 19.6 Å². The molecule has 2 rings (SSSR count). The van der Waals surface area contributed by atoms with E-state index in [9.17, 15) is 0 Å². The van der Waals surface area contributed by atoms with Gasteiger partial charge in [-0.2, -0.15) is 0 Å². The summed E-state index contributed by atoms with van der Waals surface area (Å²) >= 11 is 7.64. The molecule has 0 amide bonds. The zero-order chi connectivity index (χ0) is 12.3. The van der Waals surface area contributed by atoms with Crippen LogP contribution in [-0.2, 0) is 0 Å². The van der Waals surface area contributed by atoms with Crippen LogP contribution in [0.5, 0.6) is 0 Å². The van der Waals surface area contributed by atoms with Gasteiger partial charge in [0.05, 0.1) is 4.34 Å². The predicted molar refractivity (Wildman–Crippen MR) is 76.0 cm³/mol. The van der Waals surface area contributed by atoms with Gasteiger partial charge in [-0.25, -0.2) is 0 Å². The minimum atomic E-state index is 0.464. The van der Waals surface area contributed by atoms with E-state index >= 15 is 0 Å². The number of nitrogens with zero attached hydrogens (tertiary/aromatic N) is 1. The van der Waals surface area contributed by atoms with Gasteiger partial charge in [0.15, 0.2) is 0 Å². The zero-order valence-electron chi connectivity index (χ0n) is 10.6. The number of halogens is 1. The third-order valence-electron chi connectivity index (χ3n) is 3.64. The molecule has 1 N–H and O–H groups in total. The number of likely N-dealkylation sites (N-methyl/N-ethyl adjacent to an activating group) is 1. The van der Waals surface area contributed by atoms with Crippen LogP contribution in [0.4, 0.5) is 0 Å². The van der Waals surface area contributed by atoms with Crippen LogP contribution in [-0.4, -0.2) is 30.6 Å². The minimum Gasteiger partial charge on any atom is -0.313 e. The largest absolute Gasteiger partial charge is 0.313 e. The summed E-state index contributed by atoms with van der Waals surface area (Å²) in [5.74, 6) is 0. The molecule has 0 saturated carbocycles. The molecule has 4 heteroatoms. The van der Waals surface area contributed by atoms with Crippen molar-refractivity contribution < 1.29 is 0 Å². The van der Waals surface area contributed by atoms with Crippen LogP contribution in [0.25, 0.3) is 0 Å². The molecule has 2 nitrogen and oxygen atoms in total. The van der Waals surface area contributed by atoms with E-state index in [1.807, 2.05) is 0 Å². The SMILES string of the molecule is CCN(CC1CCCN1)C(C)c1csc(Cl)c1. The molecule has 0 spiro atoms. The van der Waals surface area contributed by atoms with Gasteiger partial charge in [-0.05, 0) is 49.9 Å². The summed E-state index contributed by atoms with van der Waals surface area (Å²) in [5.41, 5.74) is 1.35. The van der Waals surface area contributed by atoms with Gasteiger partial charge in [0.25, 0.3) is 0 Å². The van der Waals surface area contributed by atoms with Crippen LogP contribution in [0.1, 0.15) is 38.3 Å². The molecule has 2 heterocycles. The molecule has 1 saturated heterocycles. The van der Waals surface area contributed by atoms with E-state index < -0.39 is 0 Å². The first-order chi connectivity index (χ1) is 8.20. The van der Waals surface area contributed by atoms with Crippen molar-refractivity contribution >= 4 is 22.9 Å². The van der Waals surface area contributed by atoms with Crippen molar-refractivity contribution in [1.82, 2.24) is 10.2 Å². The fourth-order valence-electron chi connectivity index (χ4n) is 2.51. The smallest absolute Gasteiger partial charge is 0.0931 e. The third kappa shape index (κ3) is 3.44. The van der Waals surface area contributed by atoms with E-state index in [4.69, 9.17) is 11.6 Å². The van der Waals surface area contributed by atoms with Gasteiger partial charge in [0.1, 0.15) is 0 Å². The zero-order valence-corrected chi connectivity index (χ0v) is 12.2. The molecule has 17 heavy (non-hydrogen) atoms. The second-order valence-corrected chi connectivity index (χ2v) is 6.28. The van der Waals surface area contributed by atoms with Crippen molar-refractivity contribution in [2.24, 2.45) is 0 Å². The predicted octanol–water partition coefficient (Wildman–Crippen LogP) is 3.54. The highest BCUT2D eigenvalue weighted by Gasteiger charge is 2.21. The maximum atomic E-state index is 6.01. The van der Waals surface area contributed by atoms with Gasteiger partial charge in [0.2, 0.25) is 0 Å². The van der Waals surface area contributed by atoms with E-state index in [2.05, 4.69) is 35.5 Å². The lowest BCUT2D eigenvalue weighted by Gasteiger charge is -2.30. The number of hydrogen-bond acceptors (Lipinski definition) is 3. The summed E-state index contributed by atoms with van der Waals surface area (Å²) in [6.07, 6.45) is 2.63. The Bertz CT molecular complexity index is 347.